The molecule has 4 aromatic rings. The Hall–Kier alpha value is -3.30. The minimum absolute atomic E-state index is 0.101. The van der Waals surface area contributed by atoms with Crippen LogP contribution in [0.15, 0.2) is 85.5 Å². The Morgan fingerprint density at radius 1 is 0.943 bits per heavy atom. The second-order valence-electron chi connectivity index (χ2n) is 7.84. The lowest BCUT2D eigenvalue weighted by atomic mass is 10.1. The highest BCUT2D eigenvalue weighted by Gasteiger charge is 2.28. The molecular formula is C26H25BrN2O5S. The number of nitrogens with zero attached hydrogens (tertiary/aromatic N) is 1. The summed E-state index contributed by atoms with van der Waals surface area (Å²) in [6, 6.07) is 19.6. The van der Waals surface area contributed by atoms with E-state index in [0.717, 1.165) is 15.6 Å². The normalized spacial score (nSPS) is 11.3. The lowest BCUT2D eigenvalue weighted by Crippen LogP contribution is -2.10. The van der Waals surface area contributed by atoms with Crippen molar-refractivity contribution in [2.24, 2.45) is 0 Å². The van der Waals surface area contributed by atoms with E-state index < -0.39 is 9.84 Å². The molecule has 0 saturated carbocycles. The first-order valence-corrected chi connectivity index (χ1v) is 13.1. The van der Waals surface area contributed by atoms with Crippen molar-refractivity contribution < 1.29 is 22.3 Å². The van der Waals surface area contributed by atoms with Crippen molar-refractivity contribution in [3.63, 3.8) is 0 Å². The first-order chi connectivity index (χ1) is 16.8. The van der Waals surface area contributed by atoms with E-state index in [1.807, 2.05) is 49.4 Å². The molecule has 35 heavy (non-hydrogen) atoms. The molecule has 0 aliphatic rings. The zero-order chi connectivity index (χ0) is 25.0. The summed E-state index contributed by atoms with van der Waals surface area (Å²) in [4.78, 5) is 4.54. The highest BCUT2D eigenvalue weighted by Crippen LogP contribution is 2.33. The molecule has 0 bridgehead atoms. The molecule has 0 fully saturated rings. The zero-order valence-corrected chi connectivity index (χ0v) is 21.9. The van der Waals surface area contributed by atoms with Gasteiger partial charge in [-0.1, -0.05) is 39.7 Å². The van der Waals surface area contributed by atoms with Gasteiger partial charge in [-0.05, 0) is 67.4 Å². The first-order valence-electron chi connectivity index (χ1n) is 10.8. The average molecular weight is 557 g/mol. The molecule has 1 N–H and O–H groups in total. The minimum Gasteiger partial charge on any atom is -0.493 e. The van der Waals surface area contributed by atoms with Gasteiger partial charge in [0, 0.05) is 16.6 Å². The Bertz CT molecular complexity index is 1420. The molecule has 0 radical (unpaired) electrons. The van der Waals surface area contributed by atoms with Crippen LogP contribution >= 0.6 is 15.9 Å². The first kappa shape index (κ1) is 24.8. The fourth-order valence-electron chi connectivity index (χ4n) is 3.50. The van der Waals surface area contributed by atoms with Gasteiger partial charge in [-0.2, -0.15) is 4.98 Å². The molecule has 4 rings (SSSR count). The molecule has 182 valence electrons. The number of ether oxygens (including phenoxy) is 2. The van der Waals surface area contributed by atoms with Crippen LogP contribution in [-0.2, 0) is 16.3 Å². The SMILES string of the molecule is COc1ccc(CCNc2oc(-c3ccc(Br)cc3)nc2S(=O)(=O)c2ccc(C)cc2)cc1OC. The van der Waals surface area contributed by atoms with Crippen molar-refractivity contribution >= 4 is 31.7 Å². The maximum Gasteiger partial charge on any atom is 0.233 e. The van der Waals surface area contributed by atoms with Crippen LogP contribution in [0.25, 0.3) is 11.5 Å². The van der Waals surface area contributed by atoms with Crippen LogP contribution in [-0.4, -0.2) is 34.2 Å². The van der Waals surface area contributed by atoms with E-state index in [-0.39, 0.29) is 21.7 Å². The minimum atomic E-state index is -3.91. The summed E-state index contributed by atoms with van der Waals surface area (Å²) >= 11 is 3.41. The molecule has 0 aliphatic heterocycles. The molecular weight excluding hydrogens is 532 g/mol. The van der Waals surface area contributed by atoms with Crippen LogP contribution in [0.2, 0.25) is 0 Å². The van der Waals surface area contributed by atoms with Crippen molar-refractivity contribution in [3.05, 3.63) is 82.3 Å². The molecule has 0 atom stereocenters. The van der Waals surface area contributed by atoms with Gasteiger partial charge in [0.05, 0.1) is 19.1 Å². The number of oxazole rings is 1. The predicted molar refractivity (Wildman–Crippen MR) is 138 cm³/mol. The Morgan fingerprint density at radius 3 is 2.29 bits per heavy atom. The van der Waals surface area contributed by atoms with Gasteiger partial charge >= 0.3 is 0 Å². The van der Waals surface area contributed by atoms with Crippen LogP contribution < -0.4 is 14.8 Å². The van der Waals surface area contributed by atoms with E-state index in [2.05, 4.69) is 26.2 Å². The number of aryl methyl sites for hydroxylation is 1. The topological polar surface area (TPSA) is 90.7 Å². The van der Waals surface area contributed by atoms with Gasteiger partial charge in [0.2, 0.25) is 26.6 Å². The number of anilines is 1. The molecule has 7 nitrogen and oxygen atoms in total. The van der Waals surface area contributed by atoms with Gasteiger partial charge in [0.1, 0.15) is 0 Å². The maximum absolute atomic E-state index is 13.5. The van der Waals surface area contributed by atoms with Crippen molar-refractivity contribution in [2.45, 2.75) is 23.3 Å². The smallest absolute Gasteiger partial charge is 0.233 e. The van der Waals surface area contributed by atoms with Gasteiger partial charge in [-0.3, -0.25) is 0 Å². The molecule has 0 aliphatic carbocycles. The molecule has 1 aromatic heterocycles. The summed E-state index contributed by atoms with van der Waals surface area (Å²) in [5, 5.41) is 2.98. The van der Waals surface area contributed by atoms with E-state index in [1.165, 1.54) is 0 Å². The highest BCUT2D eigenvalue weighted by atomic mass is 79.9. The van der Waals surface area contributed by atoms with E-state index in [4.69, 9.17) is 13.9 Å². The third-order valence-electron chi connectivity index (χ3n) is 5.42. The zero-order valence-electron chi connectivity index (χ0n) is 19.5. The van der Waals surface area contributed by atoms with Crippen LogP contribution in [0.5, 0.6) is 11.5 Å². The molecule has 3 aromatic carbocycles. The summed E-state index contributed by atoms with van der Waals surface area (Å²) in [6.07, 6.45) is 0.596. The lowest BCUT2D eigenvalue weighted by Gasteiger charge is -2.10. The number of nitrogens with one attached hydrogen (secondary N) is 1. The van der Waals surface area contributed by atoms with Gasteiger partial charge in [0.25, 0.3) is 0 Å². The van der Waals surface area contributed by atoms with E-state index in [0.29, 0.717) is 30.0 Å². The number of benzene rings is 3. The third kappa shape index (κ3) is 5.52. The fourth-order valence-corrected chi connectivity index (χ4v) is 5.04. The maximum atomic E-state index is 13.5. The Kier molecular flexibility index (Phi) is 7.47. The summed E-state index contributed by atoms with van der Waals surface area (Å²) in [7, 11) is -0.741. The van der Waals surface area contributed by atoms with Crippen LogP contribution in [0.3, 0.4) is 0 Å². The Balaban J connectivity index is 1.64. The highest BCUT2D eigenvalue weighted by molar-refractivity contribution is 9.10. The second-order valence-corrected chi connectivity index (χ2v) is 10.6. The van der Waals surface area contributed by atoms with Gasteiger partial charge < -0.3 is 19.2 Å². The number of halogens is 1. The van der Waals surface area contributed by atoms with Crippen molar-refractivity contribution in [1.29, 1.82) is 0 Å². The summed E-state index contributed by atoms with van der Waals surface area (Å²) in [5.74, 6) is 1.59. The molecule has 9 heteroatoms. The molecule has 0 spiro atoms. The fraction of sp³-hybridized carbons (Fsp3) is 0.192. The Labute approximate surface area is 213 Å². The summed E-state index contributed by atoms with van der Waals surface area (Å²) in [6.45, 7) is 2.32. The van der Waals surface area contributed by atoms with Gasteiger partial charge in [-0.25, -0.2) is 8.42 Å². The van der Waals surface area contributed by atoms with Gasteiger partial charge in [-0.15, -0.1) is 0 Å². The van der Waals surface area contributed by atoms with E-state index >= 15 is 0 Å². The van der Waals surface area contributed by atoms with Crippen molar-refractivity contribution in [3.8, 4) is 23.0 Å². The number of methoxy groups -OCH3 is 2. The summed E-state index contributed by atoms with van der Waals surface area (Å²) in [5.41, 5.74) is 2.63. The number of rotatable bonds is 9. The lowest BCUT2D eigenvalue weighted by molar-refractivity contribution is 0.354. The third-order valence-corrected chi connectivity index (χ3v) is 7.63. The number of sulfone groups is 1. The van der Waals surface area contributed by atoms with Crippen LogP contribution in [0, 0.1) is 6.92 Å². The monoisotopic (exact) mass is 556 g/mol. The van der Waals surface area contributed by atoms with Gasteiger partial charge in [0.15, 0.2) is 11.5 Å². The van der Waals surface area contributed by atoms with Crippen molar-refractivity contribution in [1.82, 2.24) is 4.98 Å². The number of aromatic nitrogens is 1. The molecule has 0 unspecified atom stereocenters. The van der Waals surface area contributed by atoms with E-state index in [1.54, 1.807) is 38.5 Å². The largest absolute Gasteiger partial charge is 0.493 e. The molecule has 0 amide bonds. The Morgan fingerprint density at radius 2 is 1.63 bits per heavy atom. The second kappa shape index (κ2) is 10.5. The average Bonchev–Trinajstić information content (AvgIpc) is 3.29. The quantitative estimate of drug-likeness (QED) is 0.273. The molecule has 0 saturated heterocycles. The standard InChI is InChI=1S/C26H25BrN2O5S/c1-17-4-11-21(12-5-17)35(30,31)26-25(34-24(29-26)19-7-9-20(27)10-8-19)28-15-14-18-6-13-22(32-2)23(16-18)33-3/h4-13,16,28H,14-15H2,1-3H3. The van der Waals surface area contributed by atoms with E-state index in [9.17, 15) is 8.42 Å². The molecule has 1 heterocycles. The van der Waals surface area contributed by atoms with Crippen molar-refractivity contribution in [2.75, 3.05) is 26.1 Å². The summed E-state index contributed by atoms with van der Waals surface area (Å²) < 4.78 is 44.4. The number of hydrogen-bond acceptors (Lipinski definition) is 7. The predicted octanol–water partition coefficient (Wildman–Crippen LogP) is 5.92. The van der Waals surface area contributed by atoms with Crippen LogP contribution in [0.4, 0.5) is 5.88 Å². The number of hydrogen-bond donors (Lipinski definition) is 1. The van der Waals surface area contributed by atoms with Crippen LogP contribution in [0.1, 0.15) is 11.1 Å².